The maximum Gasteiger partial charge on any atom is 0.119 e. The predicted molar refractivity (Wildman–Crippen MR) is 84.5 cm³/mol. The third kappa shape index (κ3) is 5.31. The summed E-state index contributed by atoms with van der Waals surface area (Å²) >= 11 is 3.61. The van der Waals surface area contributed by atoms with Gasteiger partial charge in [0.25, 0.3) is 0 Å². The van der Waals surface area contributed by atoms with Gasteiger partial charge in [-0.25, -0.2) is 0 Å². The van der Waals surface area contributed by atoms with Gasteiger partial charge in [-0.05, 0) is 41.1 Å². The maximum absolute atomic E-state index is 5.66. The van der Waals surface area contributed by atoms with Crippen molar-refractivity contribution in [3.63, 3.8) is 0 Å². The zero-order valence-corrected chi connectivity index (χ0v) is 12.3. The molecule has 19 heavy (non-hydrogen) atoms. The topological polar surface area (TPSA) is 9.23 Å². The van der Waals surface area contributed by atoms with E-state index in [4.69, 9.17) is 4.74 Å². The van der Waals surface area contributed by atoms with E-state index in [9.17, 15) is 0 Å². The second kappa shape index (κ2) is 7.80. The molecule has 2 rings (SSSR count). The van der Waals surface area contributed by atoms with Crippen LogP contribution in [-0.4, -0.2) is 6.61 Å². The highest BCUT2D eigenvalue weighted by atomic mass is 79.9. The molecule has 0 saturated carbocycles. The number of allylic oxidation sites excluding steroid dienone is 1. The SMILES string of the molecule is Br/C(=C/c1ccccc1)CCCOc1ccccc1. The van der Waals surface area contributed by atoms with Gasteiger partial charge in [0.15, 0.2) is 0 Å². The highest BCUT2D eigenvalue weighted by molar-refractivity contribution is 9.11. The fourth-order valence-corrected chi connectivity index (χ4v) is 2.29. The first kappa shape index (κ1) is 13.9. The van der Waals surface area contributed by atoms with E-state index in [1.807, 2.05) is 48.5 Å². The summed E-state index contributed by atoms with van der Waals surface area (Å²) in [4.78, 5) is 0. The van der Waals surface area contributed by atoms with Crippen LogP contribution in [0.25, 0.3) is 6.08 Å². The summed E-state index contributed by atoms with van der Waals surface area (Å²) < 4.78 is 6.86. The van der Waals surface area contributed by atoms with E-state index in [1.54, 1.807) is 0 Å². The average Bonchev–Trinajstić information content (AvgIpc) is 2.46. The van der Waals surface area contributed by atoms with Crippen molar-refractivity contribution < 1.29 is 4.74 Å². The summed E-state index contributed by atoms with van der Waals surface area (Å²) in [7, 11) is 0. The summed E-state index contributed by atoms with van der Waals surface area (Å²) in [6, 6.07) is 20.2. The molecule has 0 N–H and O–H groups in total. The quantitative estimate of drug-likeness (QED) is 0.659. The van der Waals surface area contributed by atoms with E-state index < -0.39 is 0 Å². The van der Waals surface area contributed by atoms with E-state index in [2.05, 4.69) is 34.1 Å². The Morgan fingerprint density at radius 3 is 2.26 bits per heavy atom. The lowest BCUT2D eigenvalue weighted by Gasteiger charge is -2.05. The van der Waals surface area contributed by atoms with Gasteiger partial charge in [0.2, 0.25) is 0 Å². The van der Waals surface area contributed by atoms with Gasteiger partial charge in [-0.3, -0.25) is 0 Å². The van der Waals surface area contributed by atoms with Crippen LogP contribution in [0.1, 0.15) is 18.4 Å². The summed E-state index contributed by atoms with van der Waals surface area (Å²) in [6.45, 7) is 0.738. The molecule has 0 aliphatic rings. The highest BCUT2D eigenvalue weighted by Gasteiger charge is 1.96. The lowest BCUT2D eigenvalue weighted by molar-refractivity contribution is 0.312. The predicted octanol–water partition coefficient (Wildman–Crippen LogP) is 5.28. The van der Waals surface area contributed by atoms with Crippen molar-refractivity contribution in [1.82, 2.24) is 0 Å². The number of benzene rings is 2. The van der Waals surface area contributed by atoms with Crippen LogP contribution in [0.15, 0.2) is 65.1 Å². The second-order valence-electron chi connectivity index (χ2n) is 4.27. The number of halogens is 1. The normalized spacial score (nSPS) is 11.3. The molecular weight excluding hydrogens is 300 g/mol. The largest absolute Gasteiger partial charge is 0.494 e. The van der Waals surface area contributed by atoms with Crippen LogP contribution in [0, 0.1) is 0 Å². The van der Waals surface area contributed by atoms with Gasteiger partial charge in [-0.15, -0.1) is 0 Å². The van der Waals surface area contributed by atoms with Crippen molar-refractivity contribution in [2.75, 3.05) is 6.61 Å². The van der Waals surface area contributed by atoms with Crippen molar-refractivity contribution in [2.45, 2.75) is 12.8 Å². The summed E-state index contributed by atoms with van der Waals surface area (Å²) in [5.41, 5.74) is 1.22. The van der Waals surface area contributed by atoms with Crippen molar-refractivity contribution in [2.24, 2.45) is 0 Å². The molecule has 98 valence electrons. The molecular formula is C17H17BrO. The van der Waals surface area contributed by atoms with Gasteiger partial charge in [0, 0.05) is 0 Å². The van der Waals surface area contributed by atoms with Crippen molar-refractivity contribution >= 4 is 22.0 Å². The van der Waals surface area contributed by atoms with Crippen LogP contribution in [-0.2, 0) is 0 Å². The van der Waals surface area contributed by atoms with Gasteiger partial charge in [0.05, 0.1) is 6.61 Å². The average molecular weight is 317 g/mol. The van der Waals surface area contributed by atoms with Crippen LogP contribution >= 0.6 is 15.9 Å². The Kier molecular flexibility index (Phi) is 5.70. The third-order valence-corrected chi connectivity index (χ3v) is 3.32. The molecule has 2 heteroatoms. The lowest BCUT2D eigenvalue weighted by Crippen LogP contribution is -1.96. The summed E-state index contributed by atoms with van der Waals surface area (Å²) in [6.07, 6.45) is 4.14. The number of para-hydroxylation sites is 1. The van der Waals surface area contributed by atoms with Crippen molar-refractivity contribution in [3.05, 3.63) is 70.7 Å². The Morgan fingerprint density at radius 2 is 1.58 bits per heavy atom. The smallest absolute Gasteiger partial charge is 0.119 e. The summed E-state index contributed by atoms with van der Waals surface area (Å²) in [5.74, 6) is 0.936. The molecule has 0 aromatic heterocycles. The molecule has 0 radical (unpaired) electrons. The lowest BCUT2D eigenvalue weighted by atomic mass is 10.2. The Balaban J connectivity index is 1.72. The Bertz CT molecular complexity index is 505. The first-order valence-electron chi connectivity index (χ1n) is 6.43. The Labute approximate surface area is 123 Å². The van der Waals surface area contributed by atoms with Gasteiger partial charge >= 0.3 is 0 Å². The second-order valence-corrected chi connectivity index (χ2v) is 5.29. The highest BCUT2D eigenvalue weighted by Crippen LogP contribution is 2.18. The molecule has 0 spiro atoms. The molecule has 0 bridgehead atoms. The molecule has 1 nitrogen and oxygen atoms in total. The van der Waals surface area contributed by atoms with Crippen LogP contribution in [0.5, 0.6) is 5.75 Å². The van der Waals surface area contributed by atoms with Crippen molar-refractivity contribution in [3.8, 4) is 5.75 Å². The van der Waals surface area contributed by atoms with Crippen molar-refractivity contribution in [1.29, 1.82) is 0 Å². The molecule has 0 saturated heterocycles. The zero-order valence-electron chi connectivity index (χ0n) is 10.8. The molecule has 0 heterocycles. The van der Waals surface area contributed by atoms with E-state index in [0.717, 1.165) is 25.2 Å². The van der Waals surface area contributed by atoms with Gasteiger partial charge in [-0.1, -0.05) is 64.5 Å². The standard InChI is InChI=1S/C17H17BrO/c18-16(14-15-8-3-1-4-9-15)10-7-13-19-17-11-5-2-6-12-17/h1-6,8-9,11-12,14H,7,10,13H2/b16-14+. The van der Waals surface area contributed by atoms with Gasteiger partial charge in [-0.2, -0.15) is 0 Å². The molecule has 0 unspecified atom stereocenters. The fraction of sp³-hybridized carbons (Fsp3) is 0.176. The third-order valence-electron chi connectivity index (χ3n) is 2.69. The molecule has 2 aromatic carbocycles. The van der Waals surface area contributed by atoms with E-state index in [-0.39, 0.29) is 0 Å². The van der Waals surface area contributed by atoms with Crippen LogP contribution < -0.4 is 4.74 Å². The molecule has 0 aliphatic heterocycles. The molecule has 0 amide bonds. The number of hydrogen-bond acceptors (Lipinski definition) is 1. The van der Waals surface area contributed by atoms with Gasteiger partial charge < -0.3 is 4.74 Å². The molecule has 2 aromatic rings. The number of ether oxygens (including phenoxy) is 1. The minimum absolute atomic E-state index is 0.738. The molecule has 0 atom stereocenters. The minimum atomic E-state index is 0.738. The van der Waals surface area contributed by atoms with Gasteiger partial charge in [0.1, 0.15) is 5.75 Å². The summed E-state index contributed by atoms with van der Waals surface area (Å²) in [5, 5.41) is 0. The minimum Gasteiger partial charge on any atom is -0.494 e. The fourth-order valence-electron chi connectivity index (χ4n) is 1.75. The first-order valence-corrected chi connectivity index (χ1v) is 7.23. The Morgan fingerprint density at radius 1 is 0.947 bits per heavy atom. The monoisotopic (exact) mass is 316 g/mol. The van der Waals surface area contributed by atoms with Crippen LogP contribution in [0.3, 0.4) is 0 Å². The zero-order chi connectivity index (χ0) is 13.3. The number of rotatable bonds is 6. The van der Waals surface area contributed by atoms with Crippen LogP contribution in [0.4, 0.5) is 0 Å². The maximum atomic E-state index is 5.66. The van der Waals surface area contributed by atoms with E-state index >= 15 is 0 Å². The Hall–Kier alpha value is -1.54. The first-order chi connectivity index (χ1) is 9.34. The molecule has 0 aliphatic carbocycles. The van der Waals surface area contributed by atoms with E-state index in [1.165, 1.54) is 10.0 Å². The van der Waals surface area contributed by atoms with E-state index in [0.29, 0.717) is 0 Å². The molecule has 0 fully saturated rings. The van der Waals surface area contributed by atoms with Crippen LogP contribution in [0.2, 0.25) is 0 Å². The number of hydrogen-bond donors (Lipinski definition) is 0.